The van der Waals surface area contributed by atoms with Crippen LogP contribution in [0.1, 0.15) is 18.1 Å². The molecule has 1 aromatic carbocycles. The Hall–Kier alpha value is -1.33. The highest BCUT2D eigenvalue weighted by atomic mass is 14.6. The molecule has 0 radical (unpaired) electrons. The molecule has 0 N–H and O–H groups in total. The molecule has 0 atom stereocenters. The Morgan fingerprint density at radius 3 is 2.91 bits per heavy atom. The van der Waals surface area contributed by atoms with E-state index in [2.05, 4.69) is 29.1 Å². The zero-order chi connectivity index (χ0) is 7.68. The van der Waals surface area contributed by atoms with Gasteiger partial charge in [-0.3, -0.25) is 4.67 Å². The van der Waals surface area contributed by atoms with Crippen LogP contribution in [0.2, 0.25) is 0 Å². The fraction of sp³-hybridized carbons (Fsp3) is 0.200. The Kier molecular flexibility index (Phi) is 1.38. The minimum Gasteiger partial charge on any atom is -0.287 e. The normalized spacial score (nSPS) is 13.0. The molecule has 0 fully saturated rings. The van der Waals surface area contributed by atoms with Crippen LogP contribution >= 0.6 is 0 Å². The van der Waals surface area contributed by atoms with Crippen LogP contribution in [-0.4, -0.2) is 11.9 Å². The smallest absolute Gasteiger partial charge is 0.165 e. The second-order valence-corrected chi connectivity index (χ2v) is 2.62. The van der Waals surface area contributed by atoms with E-state index in [-0.39, 0.29) is 0 Å². The van der Waals surface area contributed by atoms with E-state index >= 15 is 0 Å². The molecule has 0 spiro atoms. The van der Waals surface area contributed by atoms with Crippen molar-refractivity contribution in [1.29, 1.82) is 0 Å². The first-order valence-electron chi connectivity index (χ1n) is 3.73. The zero-order valence-electron chi connectivity index (χ0n) is 6.46. The number of fused-ring (bicyclic) bond motifs is 1. The van der Waals surface area contributed by atoms with Crippen LogP contribution in [0.3, 0.4) is 0 Å². The number of rotatable bonds is 0. The molecule has 0 amide bonds. The molecule has 11 heavy (non-hydrogen) atoms. The predicted octanol–water partition coefficient (Wildman–Crippen LogP) is 1.07. The van der Waals surface area contributed by atoms with Crippen molar-refractivity contribution in [3.63, 3.8) is 0 Å². The van der Waals surface area contributed by atoms with Gasteiger partial charge in [0.15, 0.2) is 11.9 Å². The van der Waals surface area contributed by atoms with E-state index in [0.717, 1.165) is 6.42 Å². The maximum absolute atomic E-state index is 4.14. The van der Waals surface area contributed by atoms with Crippen LogP contribution in [0, 0.1) is 0 Å². The van der Waals surface area contributed by atoms with Gasteiger partial charge in [0.1, 0.15) is 0 Å². The minimum absolute atomic E-state index is 1.01. The lowest BCUT2D eigenvalue weighted by Crippen LogP contribution is -2.21. The maximum atomic E-state index is 4.14. The van der Waals surface area contributed by atoms with Gasteiger partial charge in [-0.15, -0.1) is 0 Å². The molecule has 1 nitrogen and oxygen atoms in total. The minimum atomic E-state index is 1.01. The van der Waals surface area contributed by atoms with Gasteiger partial charge in [0, 0.05) is 6.42 Å². The molecule has 0 saturated carbocycles. The Morgan fingerprint density at radius 2 is 2.18 bits per heavy atom. The summed E-state index contributed by atoms with van der Waals surface area (Å²) in [5.74, 6) is 0. The SMILES string of the molecule is C[C-]=[N+]=C1Cc2ccccc21. The van der Waals surface area contributed by atoms with Gasteiger partial charge in [-0.1, -0.05) is 29.8 Å². The van der Waals surface area contributed by atoms with Crippen molar-refractivity contribution in [2.24, 2.45) is 0 Å². The van der Waals surface area contributed by atoms with Gasteiger partial charge in [0.05, 0.1) is 0 Å². The van der Waals surface area contributed by atoms with Crippen molar-refractivity contribution in [3.8, 4) is 0 Å². The van der Waals surface area contributed by atoms with Crippen LogP contribution in [-0.2, 0) is 6.42 Å². The largest absolute Gasteiger partial charge is 0.287 e. The Balaban J connectivity index is 2.52. The summed E-state index contributed by atoms with van der Waals surface area (Å²) in [6.07, 6.45) is 3.81. The monoisotopic (exact) mass is 143 g/mol. The Labute approximate surface area is 66.1 Å². The van der Waals surface area contributed by atoms with Crippen molar-refractivity contribution in [2.45, 2.75) is 13.3 Å². The molecule has 1 aliphatic rings. The van der Waals surface area contributed by atoms with Gasteiger partial charge in [0.2, 0.25) is 0 Å². The van der Waals surface area contributed by atoms with Crippen LogP contribution in [0.25, 0.3) is 0 Å². The van der Waals surface area contributed by atoms with Crippen LogP contribution in [0.5, 0.6) is 0 Å². The standard InChI is InChI=1S/C10H9N/c1-2-11-10-7-8-5-3-4-6-9(8)10/h3-6H,7H2,1H3. The van der Waals surface area contributed by atoms with E-state index in [0.29, 0.717) is 0 Å². The molecular weight excluding hydrogens is 134 g/mol. The molecule has 0 saturated heterocycles. The fourth-order valence-electron chi connectivity index (χ4n) is 1.36. The van der Waals surface area contributed by atoms with E-state index in [1.54, 1.807) is 0 Å². The van der Waals surface area contributed by atoms with E-state index in [1.165, 1.54) is 16.8 Å². The van der Waals surface area contributed by atoms with E-state index < -0.39 is 0 Å². The first-order chi connectivity index (χ1) is 5.42. The molecule has 1 aliphatic carbocycles. The van der Waals surface area contributed by atoms with E-state index in [4.69, 9.17) is 0 Å². The molecule has 0 unspecified atom stereocenters. The zero-order valence-corrected chi connectivity index (χ0v) is 6.46. The summed E-state index contributed by atoms with van der Waals surface area (Å²) in [4.78, 5) is 0. The second-order valence-electron chi connectivity index (χ2n) is 2.62. The summed E-state index contributed by atoms with van der Waals surface area (Å²) in [5, 5.41) is 0. The molecule has 1 heteroatoms. The van der Waals surface area contributed by atoms with Crippen molar-refractivity contribution in [1.82, 2.24) is 4.67 Å². The third-order valence-corrected chi connectivity index (χ3v) is 1.93. The molecular formula is C10H9N. The summed E-state index contributed by atoms with van der Waals surface area (Å²) in [7, 11) is 0. The molecule has 0 bridgehead atoms. The van der Waals surface area contributed by atoms with E-state index in [9.17, 15) is 0 Å². The van der Waals surface area contributed by atoms with Crippen LogP contribution in [0.15, 0.2) is 24.3 Å². The lowest BCUT2D eigenvalue weighted by molar-refractivity contribution is 1.20. The molecule has 54 valence electrons. The first kappa shape index (κ1) is 6.38. The third-order valence-electron chi connectivity index (χ3n) is 1.93. The molecule has 0 aliphatic heterocycles. The number of hydrogen-bond acceptors (Lipinski definition) is 0. The lowest BCUT2D eigenvalue weighted by Gasteiger charge is -2.18. The number of hydrogen-bond donors (Lipinski definition) is 0. The average molecular weight is 143 g/mol. The first-order valence-corrected chi connectivity index (χ1v) is 3.73. The Morgan fingerprint density at radius 1 is 1.36 bits per heavy atom. The average Bonchev–Trinajstić information content (AvgIpc) is 2.01. The van der Waals surface area contributed by atoms with Gasteiger partial charge in [-0.2, -0.15) is 0 Å². The summed E-state index contributed by atoms with van der Waals surface area (Å²) in [6.45, 7) is 1.83. The quantitative estimate of drug-likeness (QED) is 0.293. The predicted molar refractivity (Wildman–Crippen MR) is 47.1 cm³/mol. The summed E-state index contributed by atoms with van der Waals surface area (Å²) >= 11 is 0. The van der Waals surface area contributed by atoms with Gasteiger partial charge in [0.25, 0.3) is 0 Å². The van der Waals surface area contributed by atoms with E-state index in [1.807, 2.05) is 13.0 Å². The number of nitrogens with zero attached hydrogens (tertiary/aromatic N) is 1. The lowest BCUT2D eigenvalue weighted by atomic mass is 9.87. The van der Waals surface area contributed by atoms with Crippen molar-refractivity contribution >= 4 is 11.9 Å². The topological polar surface area (TPSA) is 14.1 Å². The van der Waals surface area contributed by atoms with Crippen molar-refractivity contribution in [2.75, 3.05) is 0 Å². The third kappa shape index (κ3) is 0.903. The highest BCUT2D eigenvalue weighted by Gasteiger charge is 2.19. The molecule has 0 heterocycles. The summed E-state index contributed by atoms with van der Waals surface area (Å²) < 4.78 is 4.14. The summed E-state index contributed by atoms with van der Waals surface area (Å²) in [5.41, 5.74) is 3.87. The summed E-state index contributed by atoms with van der Waals surface area (Å²) in [6, 6.07) is 8.36. The van der Waals surface area contributed by atoms with Gasteiger partial charge >= 0.3 is 0 Å². The van der Waals surface area contributed by atoms with Gasteiger partial charge < -0.3 is 0 Å². The van der Waals surface area contributed by atoms with Crippen molar-refractivity contribution < 1.29 is 0 Å². The van der Waals surface area contributed by atoms with Crippen LogP contribution < -0.4 is 4.67 Å². The molecule has 2 rings (SSSR count). The molecule has 0 aromatic heterocycles. The molecule has 1 aromatic rings. The van der Waals surface area contributed by atoms with Gasteiger partial charge in [-0.25, -0.2) is 0 Å². The maximum Gasteiger partial charge on any atom is 0.165 e. The fourth-order valence-corrected chi connectivity index (χ4v) is 1.36. The van der Waals surface area contributed by atoms with Gasteiger partial charge in [-0.05, 0) is 12.5 Å². The second kappa shape index (κ2) is 2.37. The Bertz CT molecular complexity index is 344. The van der Waals surface area contributed by atoms with Crippen LogP contribution in [0.4, 0.5) is 0 Å². The highest BCUT2D eigenvalue weighted by molar-refractivity contribution is 6.10. The highest BCUT2D eigenvalue weighted by Crippen LogP contribution is 2.20. The number of benzene rings is 1. The van der Waals surface area contributed by atoms with Crippen molar-refractivity contribution in [3.05, 3.63) is 35.4 Å².